The van der Waals surface area contributed by atoms with E-state index in [4.69, 9.17) is 9.59 Å². The number of sulfonamides is 1. The molecular weight excluding hydrogens is 883 g/mol. The second kappa shape index (κ2) is 22.5. The number of fused-ring (bicyclic) bond motifs is 2. The van der Waals surface area contributed by atoms with Crippen LogP contribution in [-0.2, 0) is 60.8 Å². The molecule has 20 heteroatoms. The Hall–Kier alpha value is -4.11. The van der Waals surface area contributed by atoms with Crippen LogP contribution in [0.5, 0.6) is 0 Å². The first kappa shape index (κ1) is 55.9. The minimum absolute atomic E-state index is 0. The number of hydrogen-bond donors (Lipinski definition) is 3. The molecule has 346 valence electrons. The number of allylic oxidation sites excluding steroid dienone is 8. The number of carbonyl (C=O) groups excluding carboxylic acids is 2. The van der Waals surface area contributed by atoms with E-state index in [1.165, 1.54) is 16.4 Å². The lowest BCUT2D eigenvalue weighted by Gasteiger charge is -2.27. The molecule has 0 fully saturated rings. The van der Waals surface area contributed by atoms with Crippen LogP contribution in [-0.4, -0.2) is 106 Å². The highest BCUT2D eigenvalue weighted by atomic mass is 32.2. The van der Waals surface area contributed by atoms with Crippen LogP contribution in [0.1, 0.15) is 92.7 Å². The van der Waals surface area contributed by atoms with E-state index in [-0.39, 0.29) is 55.1 Å². The SMILES string of the molecule is C.C.CCCN(C)S(=O)(=O)c1ccc2c(c1)C(C)(C)C(/C=C/C=C/C=C/C=C1/N(CCCCS(=O)(=O)O)c3ccc(S(=O)(=O)O)cc3C1(C)C)=[N+]2CCCCS(=O)(=O)O.O=C=O. The van der Waals surface area contributed by atoms with Crippen LogP contribution < -0.4 is 4.90 Å². The molecule has 3 N–H and O–H groups in total. The topological polar surface area (TPSA) is 241 Å². The summed E-state index contributed by atoms with van der Waals surface area (Å²) in [6, 6.07) is 9.45. The highest BCUT2D eigenvalue weighted by molar-refractivity contribution is 7.89. The first-order valence-electron chi connectivity index (χ1n) is 19.0. The van der Waals surface area contributed by atoms with Gasteiger partial charge in [0.1, 0.15) is 6.54 Å². The molecule has 2 heterocycles. The molecule has 4 rings (SSSR count). The second-order valence-corrected chi connectivity index (χ2v) is 22.0. The molecule has 0 saturated carbocycles. The van der Waals surface area contributed by atoms with E-state index in [1.807, 2.05) is 86.6 Å². The molecule has 2 aromatic rings. The van der Waals surface area contributed by atoms with E-state index in [9.17, 15) is 47.3 Å². The lowest BCUT2D eigenvalue weighted by atomic mass is 9.81. The zero-order chi connectivity index (χ0) is 45.3. The summed E-state index contributed by atoms with van der Waals surface area (Å²) >= 11 is 0. The van der Waals surface area contributed by atoms with Gasteiger partial charge in [0.05, 0.1) is 26.7 Å². The van der Waals surface area contributed by atoms with Crippen LogP contribution in [0.25, 0.3) is 0 Å². The van der Waals surface area contributed by atoms with Gasteiger partial charge in [0.2, 0.25) is 15.7 Å². The quantitative estimate of drug-likeness (QED) is 0.0574. The summed E-state index contributed by atoms with van der Waals surface area (Å²) in [7, 11) is -14.9. The summed E-state index contributed by atoms with van der Waals surface area (Å²) in [5.41, 5.74) is 3.37. The van der Waals surface area contributed by atoms with Crippen molar-refractivity contribution in [2.24, 2.45) is 0 Å². The van der Waals surface area contributed by atoms with Gasteiger partial charge >= 0.3 is 6.15 Å². The third kappa shape index (κ3) is 14.2. The maximum Gasteiger partial charge on any atom is 0.373 e. The smallest absolute Gasteiger partial charge is 0.344 e. The van der Waals surface area contributed by atoms with Crippen molar-refractivity contribution < 1.29 is 61.5 Å². The normalized spacial score (nSPS) is 16.6. The zero-order valence-corrected chi connectivity index (χ0v) is 37.7. The second-order valence-electron chi connectivity index (χ2n) is 15.3. The van der Waals surface area contributed by atoms with Crippen LogP contribution in [0.2, 0.25) is 0 Å². The minimum atomic E-state index is -4.46. The maximum absolute atomic E-state index is 13.4. The summed E-state index contributed by atoms with van der Waals surface area (Å²) in [6.45, 7) is 11.0. The summed E-state index contributed by atoms with van der Waals surface area (Å²) in [6.07, 6.45) is 15.2. The Kier molecular flexibility index (Phi) is 20.3. The Morgan fingerprint density at radius 2 is 1.26 bits per heavy atom. The van der Waals surface area contributed by atoms with Crippen LogP contribution in [0.15, 0.2) is 94.4 Å². The molecule has 0 spiro atoms. The Morgan fingerprint density at radius 1 is 0.726 bits per heavy atom. The van der Waals surface area contributed by atoms with Gasteiger partial charge in [0.25, 0.3) is 30.4 Å². The maximum atomic E-state index is 13.4. The lowest BCUT2D eigenvalue weighted by Crippen LogP contribution is -2.29. The average Bonchev–Trinajstić information content (AvgIpc) is 3.48. The fourth-order valence-corrected chi connectivity index (χ4v) is 10.3. The largest absolute Gasteiger partial charge is 0.373 e. The molecule has 0 unspecified atom stereocenters. The number of benzene rings is 2. The van der Waals surface area contributed by atoms with Gasteiger partial charge in [-0.1, -0.05) is 66.0 Å². The summed E-state index contributed by atoms with van der Waals surface area (Å²) in [4.78, 5) is 18.2. The third-order valence-corrected chi connectivity index (χ3v) is 14.6. The van der Waals surface area contributed by atoms with Crippen molar-refractivity contribution in [3.8, 4) is 0 Å². The summed E-state index contributed by atoms with van der Waals surface area (Å²) in [5, 5.41) is 0. The summed E-state index contributed by atoms with van der Waals surface area (Å²) in [5.74, 6) is -0.751. The molecule has 0 aliphatic carbocycles. The molecule has 0 atom stereocenters. The Balaban J connectivity index is 0.00000373. The standard InChI is InChI=1S/C39H53N3O11S4.CO2.2CH4/c1-7-23-40(6)56(49,50)30-19-21-34-32(28-30)38(2,3)36(41(34)24-13-15-26-54(43,44)45)17-11-9-8-10-12-18-37-39(4,5)33-29-31(57(51,52)53)20-22-35(33)42(37)25-14-16-27-55(46,47)48;2-1-3;;/h8-12,17-22,28-29H,7,13-16,23-27H2,1-6H3,(H2-,43,44,45,46,47,48,51,52,53);;2*1H4/p+1. The Labute approximate surface area is 368 Å². The zero-order valence-electron chi connectivity index (χ0n) is 34.5. The van der Waals surface area contributed by atoms with Crippen molar-refractivity contribution in [2.45, 2.75) is 102 Å². The van der Waals surface area contributed by atoms with Crippen molar-refractivity contribution in [1.29, 1.82) is 0 Å². The van der Waals surface area contributed by atoms with Gasteiger partial charge in [-0.15, -0.1) is 0 Å². The fourth-order valence-electron chi connectivity index (χ4n) is 7.32. The molecule has 16 nitrogen and oxygen atoms in total. The predicted molar refractivity (Wildman–Crippen MR) is 241 cm³/mol. The average molecular weight is 945 g/mol. The minimum Gasteiger partial charge on any atom is -0.344 e. The molecule has 0 aromatic heterocycles. The van der Waals surface area contributed by atoms with E-state index >= 15 is 0 Å². The number of rotatable bonds is 19. The van der Waals surface area contributed by atoms with Crippen molar-refractivity contribution in [1.82, 2.24) is 4.31 Å². The first-order chi connectivity index (χ1) is 27.7. The van der Waals surface area contributed by atoms with E-state index in [0.717, 1.165) is 28.3 Å². The molecule has 0 radical (unpaired) electrons. The number of nitrogens with zero attached hydrogens (tertiary/aromatic N) is 3. The molecule has 2 aliphatic rings. The van der Waals surface area contributed by atoms with Crippen LogP contribution in [0.3, 0.4) is 0 Å². The molecule has 2 aromatic carbocycles. The fraction of sp³-hybridized carbons (Fsp3) is 0.476. The van der Waals surface area contributed by atoms with Crippen LogP contribution >= 0.6 is 0 Å². The number of unbranched alkanes of at least 4 members (excludes halogenated alkanes) is 2. The molecule has 62 heavy (non-hydrogen) atoms. The van der Waals surface area contributed by atoms with E-state index in [0.29, 0.717) is 44.5 Å². The molecule has 0 bridgehead atoms. The predicted octanol–water partition coefficient (Wildman–Crippen LogP) is 6.72. The van der Waals surface area contributed by atoms with Gasteiger partial charge in [0.15, 0.2) is 5.71 Å². The highest BCUT2D eigenvalue weighted by Gasteiger charge is 2.45. The van der Waals surface area contributed by atoms with Gasteiger partial charge in [-0.2, -0.15) is 39.4 Å². The van der Waals surface area contributed by atoms with Crippen LogP contribution in [0.4, 0.5) is 11.4 Å². The van der Waals surface area contributed by atoms with Crippen molar-refractivity contribution >= 4 is 63.6 Å². The highest BCUT2D eigenvalue weighted by Crippen LogP contribution is 2.48. The monoisotopic (exact) mass is 944 g/mol. The van der Waals surface area contributed by atoms with Gasteiger partial charge < -0.3 is 4.90 Å². The van der Waals surface area contributed by atoms with Gasteiger partial charge in [-0.25, -0.2) is 12.7 Å². The Morgan fingerprint density at radius 3 is 1.82 bits per heavy atom. The third-order valence-electron chi connectivity index (χ3n) is 10.3. The van der Waals surface area contributed by atoms with Crippen molar-refractivity contribution in [3.05, 3.63) is 95.8 Å². The van der Waals surface area contributed by atoms with Crippen molar-refractivity contribution in [2.75, 3.05) is 43.1 Å². The molecule has 0 amide bonds. The molecule has 0 saturated heterocycles. The summed E-state index contributed by atoms with van der Waals surface area (Å²) < 4.78 is 127. The molecule has 2 aliphatic heterocycles. The lowest BCUT2D eigenvalue weighted by molar-refractivity contribution is -0.438. The van der Waals surface area contributed by atoms with Crippen molar-refractivity contribution in [3.63, 3.8) is 0 Å². The van der Waals surface area contributed by atoms with Crippen LogP contribution in [0, 0.1) is 0 Å². The van der Waals surface area contributed by atoms with Gasteiger partial charge in [-0.3, -0.25) is 13.7 Å². The van der Waals surface area contributed by atoms with E-state index in [2.05, 4.69) is 0 Å². The Bertz CT molecular complexity index is 2550. The van der Waals surface area contributed by atoms with Gasteiger partial charge in [0, 0.05) is 61.1 Å². The number of anilines is 1. The first-order valence-corrected chi connectivity index (χ1v) is 25.1. The molecular formula is C42H62N3O13S4+. The number of hydrogen-bond acceptors (Lipinski definition) is 11. The van der Waals surface area contributed by atoms with E-state index in [1.54, 1.807) is 31.3 Å². The van der Waals surface area contributed by atoms with E-state index < -0.39 is 51.2 Å². The van der Waals surface area contributed by atoms with Gasteiger partial charge in [-0.05, 0) is 81.5 Å².